The van der Waals surface area contributed by atoms with Gasteiger partial charge in [0, 0.05) is 19.6 Å². The predicted octanol–water partition coefficient (Wildman–Crippen LogP) is 0.861. The molecule has 1 aliphatic heterocycles. The first-order valence-corrected chi connectivity index (χ1v) is 7.60. The van der Waals surface area contributed by atoms with Crippen molar-refractivity contribution in [2.45, 2.75) is 19.9 Å². The normalized spacial score (nSPS) is 18.0. The lowest BCUT2D eigenvalue weighted by Crippen LogP contribution is -2.37. The minimum atomic E-state index is -0.573. The summed E-state index contributed by atoms with van der Waals surface area (Å²) in [5, 5.41) is 21.9. The van der Waals surface area contributed by atoms with E-state index in [-0.39, 0.29) is 18.0 Å². The van der Waals surface area contributed by atoms with E-state index in [1.54, 1.807) is 0 Å². The molecule has 6 heteroatoms. The monoisotopic (exact) mass is 318 g/mol. The highest BCUT2D eigenvalue weighted by atomic mass is 16.3. The fourth-order valence-corrected chi connectivity index (χ4v) is 2.74. The summed E-state index contributed by atoms with van der Waals surface area (Å²) in [6.07, 6.45) is 0. The van der Waals surface area contributed by atoms with E-state index in [0.29, 0.717) is 19.6 Å². The Bertz CT molecular complexity index is 622. The summed E-state index contributed by atoms with van der Waals surface area (Å²) >= 11 is 0. The maximum Gasteiger partial charge on any atom is 0.290 e. The minimum absolute atomic E-state index is 0.0114. The smallest absolute Gasteiger partial charge is 0.290 e. The van der Waals surface area contributed by atoms with Crippen LogP contribution >= 0.6 is 0 Å². The van der Waals surface area contributed by atoms with Crippen LogP contribution in [0.1, 0.15) is 24.1 Å². The number of rotatable bonds is 7. The molecule has 0 fully saturated rings. The van der Waals surface area contributed by atoms with Crippen LogP contribution in [0, 0.1) is 6.92 Å². The van der Waals surface area contributed by atoms with Crippen molar-refractivity contribution in [2.75, 3.05) is 26.2 Å². The molecule has 1 unspecified atom stereocenters. The summed E-state index contributed by atoms with van der Waals surface area (Å²) < 4.78 is 0. The first kappa shape index (κ1) is 17.2. The van der Waals surface area contributed by atoms with Gasteiger partial charge in [0.1, 0.15) is 0 Å². The van der Waals surface area contributed by atoms with Crippen LogP contribution in [0.4, 0.5) is 0 Å². The SMILES string of the molecule is CC(=O)C1=C(O)C(=O)N(CCNCCO)C1c1ccc(C)cc1. The molecule has 2 rings (SSSR count). The summed E-state index contributed by atoms with van der Waals surface area (Å²) in [5.74, 6) is -1.32. The lowest BCUT2D eigenvalue weighted by Gasteiger charge is -2.26. The van der Waals surface area contributed by atoms with E-state index in [0.717, 1.165) is 11.1 Å². The molecule has 1 aliphatic rings. The van der Waals surface area contributed by atoms with Gasteiger partial charge >= 0.3 is 0 Å². The van der Waals surface area contributed by atoms with Crippen molar-refractivity contribution in [3.8, 4) is 0 Å². The fraction of sp³-hybridized carbons (Fsp3) is 0.412. The van der Waals surface area contributed by atoms with Gasteiger partial charge in [-0.05, 0) is 19.4 Å². The summed E-state index contributed by atoms with van der Waals surface area (Å²) in [4.78, 5) is 25.7. The van der Waals surface area contributed by atoms with Gasteiger partial charge in [0.25, 0.3) is 5.91 Å². The lowest BCUT2D eigenvalue weighted by molar-refractivity contribution is -0.129. The summed E-state index contributed by atoms with van der Waals surface area (Å²) in [6, 6.07) is 6.98. The number of aryl methyl sites for hydroxylation is 1. The molecule has 6 nitrogen and oxygen atoms in total. The summed E-state index contributed by atoms with van der Waals surface area (Å²) in [6.45, 7) is 4.55. The Morgan fingerprint density at radius 3 is 2.48 bits per heavy atom. The molecule has 0 saturated heterocycles. The van der Waals surface area contributed by atoms with Gasteiger partial charge in [-0.15, -0.1) is 0 Å². The van der Waals surface area contributed by atoms with Crippen LogP contribution in [0.25, 0.3) is 0 Å². The van der Waals surface area contributed by atoms with Gasteiger partial charge in [-0.2, -0.15) is 0 Å². The van der Waals surface area contributed by atoms with Crippen LogP contribution in [0.3, 0.4) is 0 Å². The number of amides is 1. The molecular formula is C17H22N2O4. The third-order valence-electron chi connectivity index (χ3n) is 3.89. The zero-order valence-electron chi connectivity index (χ0n) is 13.4. The number of nitrogens with one attached hydrogen (secondary N) is 1. The molecule has 1 amide bonds. The molecule has 23 heavy (non-hydrogen) atoms. The summed E-state index contributed by atoms with van der Waals surface area (Å²) in [7, 11) is 0. The van der Waals surface area contributed by atoms with Crippen LogP contribution in [0.2, 0.25) is 0 Å². The summed E-state index contributed by atoms with van der Waals surface area (Å²) in [5.41, 5.74) is 2.01. The molecule has 1 aromatic carbocycles. The van der Waals surface area contributed by atoms with Crippen molar-refractivity contribution < 1.29 is 19.8 Å². The number of ketones is 1. The Kier molecular flexibility index (Phi) is 5.52. The van der Waals surface area contributed by atoms with Gasteiger partial charge in [0.2, 0.25) is 0 Å². The molecule has 1 atom stereocenters. The van der Waals surface area contributed by atoms with Crippen LogP contribution in [-0.4, -0.2) is 53.0 Å². The van der Waals surface area contributed by atoms with Crippen molar-refractivity contribution in [1.29, 1.82) is 0 Å². The second-order valence-corrected chi connectivity index (χ2v) is 5.60. The van der Waals surface area contributed by atoms with Gasteiger partial charge < -0.3 is 20.4 Å². The number of hydrogen-bond donors (Lipinski definition) is 3. The Labute approximate surface area is 135 Å². The van der Waals surface area contributed by atoms with Gasteiger partial charge in [-0.25, -0.2) is 0 Å². The number of hydrogen-bond acceptors (Lipinski definition) is 5. The standard InChI is InChI=1S/C17H22N2O4/c1-11-3-5-13(6-4-11)15-14(12(2)21)16(22)17(23)19(15)9-7-18-8-10-20/h3-6,15,18,20,22H,7-10H2,1-2H3. The molecule has 0 bridgehead atoms. The highest BCUT2D eigenvalue weighted by molar-refractivity contribution is 6.08. The third-order valence-corrected chi connectivity index (χ3v) is 3.89. The average molecular weight is 318 g/mol. The highest BCUT2D eigenvalue weighted by Gasteiger charge is 2.41. The Morgan fingerprint density at radius 1 is 1.26 bits per heavy atom. The Balaban J connectivity index is 2.31. The second kappa shape index (κ2) is 7.39. The van der Waals surface area contributed by atoms with Crippen LogP contribution in [0.15, 0.2) is 35.6 Å². The number of aliphatic hydroxyl groups excluding tert-OH is 2. The molecule has 1 heterocycles. The highest BCUT2D eigenvalue weighted by Crippen LogP contribution is 2.37. The lowest BCUT2D eigenvalue weighted by atomic mass is 9.96. The molecule has 124 valence electrons. The van der Waals surface area contributed by atoms with Crippen molar-refractivity contribution in [3.05, 3.63) is 46.7 Å². The number of aliphatic hydroxyl groups is 2. The van der Waals surface area contributed by atoms with Crippen LogP contribution in [-0.2, 0) is 9.59 Å². The molecule has 0 saturated carbocycles. The maximum absolute atomic E-state index is 12.3. The third kappa shape index (κ3) is 3.60. The van der Waals surface area contributed by atoms with Crippen LogP contribution in [0.5, 0.6) is 0 Å². The Morgan fingerprint density at radius 2 is 1.91 bits per heavy atom. The van der Waals surface area contributed by atoms with E-state index in [2.05, 4.69) is 5.32 Å². The van der Waals surface area contributed by atoms with E-state index >= 15 is 0 Å². The quantitative estimate of drug-likeness (QED) is 0.649. The van der Waals surface area contributed by atoms with E-state index in [4.69, 9.17) is 5.11 Å². The molecule has 0 radical (unpaired) electrons. The fourth-order valence-electron chi connectivity index (χ4n) is 2.74. The number of nitrogens with zero attached hydrogens (tertiary/aromatic N) is 1. The number of carbonyl (C=O) groups is 2. The van der Waals surface area contributed by atoms with E-state index in [1.165, 1.54) is 11.8 Å². The zero-order valence-corrected chi connectivity index (χ0v) is 13.4. The van der Waals surface area contributed by atoms with Crippen molar-refractivity contribution in [1.82, 2.24) is 10.2 Å². The van der Waals surface area contributed by atoms with E-state index in [9.17, 15) is 14.7 Å². The minimum Gasteiger partial charge on any atom is -0.503 e. The Hall–Kier alpha value is -2.18. The van der Waals surface area contributed by atoms with Crippen molar-refractivity contribution in [3.63, 3.8) is 0 Å². The van der Waals surface area contributed by atoms with Crippen LogP contribution < -0.4 is 5.32 Å². The number of Topliss-reactive ketones (excluding diaryl/α,β-unsaturated/α-hetero) is 1. The van der Waals surface area contributed by atoms with Crippen molar-refractivity contribution in [2.24, 2.45) is 0 Å². The molecule has 1 aromatic rings. The molecule has 0 spiro atoms. The molecule has 0 aliphatic carbocycles. The topological polar surface area (TPSA) is 89.9 Å². The molecular weight excluding hydrogens is 296 g/mol. The number of carbonyl (C=O) groups excluding carboxylic acids is 2. The molecule has 3 N–H and O–H groups in total. The first-order chi connectivity index (χ1) is 11.0. The predicted molar refractivity (Wildman–Crippen MR) is 85.9 cm³/mol. The van der Waals surface area contributed by atoms with Crippen molar-refractivity contribution >= 4 is 11.7 Å². The number of benzene rings is 1. The van der Waals surface area contributed by atoms with E-state index in [1.807, 2.05) is 31.2 Å². The first-order valence-electron chi connectivity index (χ1n) is 7.60. The van der Waals surface area contributed by atoms with Gasteiger partial charge in [-0.1, -0.05) is 29.8 Å². The average Bonchev–Trinajstić information content (AvgIpc) is 2.77. The van der Waals surface area contributed by atoms with E-state index < -0.39 is 17.7 Å². The van der Waals surface area contributed by atoms with Gasteiger partial charge in [-0.3, -0.25) is 9.59 Å². The zero-order chi connectivity index (χ0) is 17.0. The maximum atomic E-state index is 12.3. The second-order valence-electron chi connectivity index (χ2n) is 5.60. The molecule has 0 aromatic heterocycles. The van der Waals surface area contributed by atoms with Gasteiger partial charge in [0.05, 0.1) is 18.2 Å². The van der Waals surface area contributed by atoms with Gasteiger partial charge in [0.15, 0.2) is 11.5 Å². The largest absolute Gasteiger partial charge is 0.503 e.